The first-order valence-electron chi connectivity index (χ1n) is 15.7. The van der Waals surface area contributed by atoms with Gasteiger partial charge >= 0.3 is 5.97 Å². The summed E-state index contributed by atoms with van der Waals surface area (Å²) in [6.45, 7) is 8.11. The molecule has 39 heavy (non-hydrogen) atoms. The molecule has 3 fully saturated rings. The molecule has 224 valence electrons. The average Bonchev–Trinajstić information content (AvgIpc) is 3.27. The molecule has 0 bridgehead atoms. The molecule has 0 radical (unpaired) electrons. The number of carbonyl (C=O) groups excluding carboxylic acids is 1. The number of hydrogen-bond donors (Lipinski definition) is 1. The second-order valence-corrected chi connectivity index (χ2v) is 12.7. The topological polar surface area (TPSA) is 91.3 Å². The lowest BCUT2D eigenvalue weighted by atomic mass is 9.80. The second-order valence-electron chi connectivity index (χ2n) is 12.7. The number of carboxylic acids is 1. The van der Waals surface area contributed by atoms with Gasteiger partial charge in [0, 0.05) is 32.0 Å². The predicted octanol–water partition coefficient (Wildman–Crippen LogP) is 7.56. The van der Waals surface area contributed by atoms with Crippen molar-refractivity contribution in [1.82, 2.24) is 0 Å². The molecule has 0 aromatic heterocycles. The Balaban J connectivity index is 1.53. The van der Waals surface area contributed by atoms with Crippen molar-refractivity contribution >= 4 is 11.8 Å². The van der Waals surface area contributed by atoms with E-state index in [-0.39, 0.29) is 12.3 Å². The molecule has 0 aromatic rings. The number of Topliss-reactive ketones (excluding diaryl/α,β-unsaturated/α-hetero) is 1. The van der Waals surface area contributed by atoms with Crippen LogP contribution >= 0.6 is 0 Å². The Bertz CT molecular complexity index is 744. The van der Waals surface area contributed by atoms with E-state index in [1.54, 1.807) is 0 Å². The number of hydrogen-bond acceptors (Lipinski definition) is 6. The summed E-state index contributed by atoms with van der Waals surface area (Å²) in [6, 6.07) is 0. The molecule has 0 spiro atoms. The van der Waals surface area contributed by atoms with Gasteiger partial charge in [-0.25, -0.2) is 4.79 Å². The first kappa shape index (κ1) is 32.2. The molecule has 2 heterocycles. The van der Waals surface area contributed by atoms with Crippen LogP contribution in [0.1, 0.15) is 130 Å². The zero-order chi connectivity index (χ0) is 28.1. The summed E-state index contributed by atoms with van der Waals surface area (Å²) in [7, 11) is 0. The second kappa shape index (κ2) is 16.2. The molecule has 2 unspecified atom stereocenters. The van der Waals surface area contributed by atoms with Crippen LogP contribution in [-0.2, 0) is 28.5 Å². The van der Waals surface area contributed by atoms with E-state index in [1.165, 1.54) is 32.1 Å². The molecule has 0 aromatic carbocycles. The smallest absolute Gasteiger partial charge is 0.364 e. The Labute approximate surface area is 236 Å². The number of aliphatic carboxylic acids is 1. The third-order valence-electron chi connectivity index (χ3n) is 8.82. The van der Waals surface area contributed by atoms with Crippen molar-refractivity contribution in [3.63, 3.8) is 0 Å². The van der Waals surface area contributed by atoms with Crippen molar-refractivity contribution in [1.29, 1.82) is 0 Å². The van der Waals surface area contributed by atoms with Crippen LogP contribution in [0.25, 0.3) is 0 Å². The van der Waals surface area contributed by atoms with E-state index in [0.717, 1.165) is 44.9 Å². The molecule has 2 saturated heterocycles. The number of unbranched alkanes of at least 4 members (excludes halogenated alkanes) is 1. The normalized spacial score (nSPS) is 28.1. The summed E-state index contributed by atoms with van der Waals surface area (Å²) in [5, 5.41) is 10.2. The highest BCUT2D eigenvalue weighted by Crippen LogP contribution is 2.38. The largest absolute Gasteiger partial charge is 0.477 e. The molecule has 1 saturated carbocycles. The SMILES string of the molecule is CCCCC(C)(C)CCC[C@H]1CCC(=O)[C@@H]1C/C=C\CCC(OC1CCCCO1)(OC1CCCCO1)C(=O)O. The van der Waals surface area contributed by atoms with Crippen molar-refractivity contribution in [3.05, 3.63) is 12.2 Å². The lowest BCUT2D eigenvalue weighted by molar-refractivity contribution is -0.352. The maximum atomic E-state index is 12.7. The van der Waals surface area contributed by atoms with Gasteiger partial charge in [-0.05, 0) is 88.4 Å². The van der Waals surface area contributed by atoms with Gasteiger partial charge in [0.25, 0.3) is 5.79 Å². The third kappa shape index (κ3) is 10.6. The van der Waals surface area contributed by atoms with Crippen molar-refractivity contribution in [2.24, 2.45) is 17.3 Å². The highest BCUT2D eigenvalue weighted by molar-refractivity contribution is 5.83. The van der Waals surface area contributed by atoms with E-state index >= 15 is 0 Å². The summed E-state index contributed by atoms with van der Waals surface area (Å²) in [4.78, 5) is 25.2. The van der Waals surface area contributed by atoms with Crippen LogP contribution in [0.3, 0.4) is 0 Å². The summed E-state index contributed by atoms with van der Waals surface area (Å²) in [5.74, 6) is -2.04. The first-order chi connectivity index (χ1) is 18.7. The van der Waals surface area contributed by atoms with Crippen LogP contribution < -0.4 is 0 Å². The fourth-order valence-corrected chi connectivity index (χ4v) is 6.29. The summed E-state index contributed by atoms with van der Waals surface area (Å²) in [6.07, 6.45) is 18.3. The molecular formula is C32H54O7. The van der Waals surface area contributed by atoms with E-state index in [2.05, 4.69) is 26.8 Å². The Morgan fingerprint density at radius 1 is 0.949 bits per heavy atom. The standard InChI is InChI=1S/C32H54O7/c1-4-5-20-31(2,3)21-13-14-25-18-19-27(33)26(25)15-7-6-10-22-32(30(34)35,38-28-16-8-11-23-36-28)39-29-17-9-12-24-37-29/h6-7,25-26,28-29H,4-5,8-24H2,1-3H3,(H,34,35)/b7-6-/t25-,26+,28?,29?,32?/m0/s1. The van der Waals surface area contributed by atoms with Gasteiger partial charge in [-0.15, -0.1) is 0 Å². The minimum atomic E-state index is -1.81. The summed E-state index contributed by atoms with van der Waals surface area (Å²) in [5.41, 5.74) is 0.375. The predicted molar refractivity (Wildman–Crippen MR) is 151 cm³/mol. The van der Waals surface area contributed by atoms with Crippen LogP contribution in [0.4, 0.5) is 0 Å². The molecule has 3 rings (SSSR count). The van der Waals surface area contributed by atoms with Crippen LogP contribution in [-0.4, -0.2) is 48.4 Å². The van der Waals surface area contributed by atoms with Crippen LogP contribution in [0, 0.1) is 17.3 Å². The van der Waals surface area contributed by atoms with E-state index in [4.69, 9.17) is 18.9 Å². The highest BCUT2D eigenvalue weighted by atomic mass is 16.8. The Morgan fingerprint density at radius 3 is 2.15 bits per heavy atom. The molecule has 7 nitrogen and oxygen atoms in total. The van der Waals surface area contributed by atoms with Gasteiger partial charge in [0.2, 0.25) is 0 Å². The van der Waals surface area contributed by atoms with Crippen molar-refractivity contribution in [3.8, 4) is 0 Å². The van der Waals surface area contributed by atoms with E-state index < -0.39 is 24.3 Å². The molecule has 2 aliphatic heterocycles. The van der Waals surface area contributed by atoms with Gasteiger partial charge < -0.3 is 24.1 Å². The fourth-order valence-electron chi connectivity index (χ4n) is 6.29. The van der Waals surface area contributed by atoms with Crippen molar-refractivity contribution < 1.29 is 33.6 Å². The third-order valence-corrected chi connectivity index (χ3v) is 8.82. The molecule has 1 aliphatic carbocycles. The fraction of sp³-hybridized carbons (Fsp3) is 0.875. The molecule has 0 amide bonds. The van der Waals surface area contributed by atoms with E-state index in [0.29, 0.717) is 56.0 Å². The number of carboxylic acid groups (broad SMARTS) is 1. The zero-order valence-electron chi connectivity index (χ0n) is 24.8. The van der Waals surface area contributed by atoms with Crippen LogP contribution in [0.15, 0.2) is 12.2 Å². The molecule has 1 N–H and O–H groups in total. The first-order valence-corrected chi connectivity index (χ1v) is 15.7. The van der Waals surface area contributed by atoms with Gasteiger partial charge in [0.1, 0.15) is 5.78 Å². The highest BCUT2D eigenvalue weighted by Gasteiger charge is 2.46. The average molecular weight is 551 g/mol. The van der Waals surface area contributed by atoms with Crippen molar-refractivity contribution in [2.75, 3.05) is 13.2 Å². The molecular weight excluding hydrogens is 496 g/mol. The van der Waals surface area contributed by atoms with Gasteiger partial charge in [-0.3, -0.25) is 4.79 Å². The summed E-state index contributed by atoms with van der Waals surface area (Å²) >= 11 is 0. The minimum Gasteiger partial charge on any atom is -0.477 e. The van der Waals surface area contributed by atoms with Gasteiger partial charge in [-0.1, -0.05) is 52.2 Å². The van der Waals surface area contributed by atoms with Gasteiger partial charge in [0.05, 0.1) is 0 Å². The lowest BCUT2D eigenvalue weighted by Crippen LogP contribution is -2.51. The van der Waals surface area contributed by atoms with E-state index in [1.807, 2.05) is 6.08 Å². The van der Waals surface area contributed by atoms with Crippen LogP contribution in [0.5, 0.6) is 0 Å². The number of allylic oxidation sites excluding steroid dienone is 2. The number of ether oxygens (including phenoxy) is 4. The maximum Gasteiger partial charge on any atom is 0.364 e. The zero-order valence-corrected chi connectivity index (χ0v) is 24.8. The molecule has 4 atom stereocenters. The van der Waals surface area contributed by atoms with Crippen molar-refractivity contribution in [2.45, 2.75) is 148 Å². The quantitative estimate of drug-likeness (QED) is 0.148. The minimum absolute atomic E-state index is 0.0861. The number of carbonyl (C=O) groups is 2. The Morgan fingerprint density at radius 2 is 1.59 bits per heavy atom. The monoisotopic (exact) mass is 550 g/mol. The Hall–Kier alpha value is -1.28. The molecule has 7 heteroatoms. The van der Waals surface area contributed by atoms with E-state index in [9.17, 15) is 14.7 Å². The van der Waals surface area contributed by atoms with Crippen LogP contribution in [0.2, 0.25) is 0 Å². The molecule has 3 aliphatic rings. The Kier molecular flexibility index (Phi) is 13.4. The number of rotatable bonds is 17. The van der Waals surface area contributed by atoms with Gasteiger partial charge in [0.15, 0.2) is 12.6 Å². The summed E-state index contributed by atoms with van der Waals surface area (Å²) < 4.78 is 23.5. The number of ketones is 1. The van der Waals surface area contributed by atoms with Gasteiger partial charge in [-0.2, -0.15) is 0 Å². The maximum absolute atomic E-state index is 12.7. The lowest BCUT2D eigenvalue weighted by Gasteiger charge is -2.37.